The van der Waals surface area contributed by atoms with Gasteiger partial charge in [-0.25, -0.2) is 9.78 Å². The molecule has 2 heterocycles. The highest BCUT2D eigenvalue weighted by Crippen LogP contribution is 2.31. The van der Waals surface area contributed by atoms with E-state index >= 15 is 0 Å². The van der Waals surface area contributed by atoms with Crippen LogP contribution in [0, 0.1) is 11.3 Å². The van der Waals surface area contributed by atoms with Crippen molar-refractivity contribution in [2.45, 2.75) is 39.5 Å². The van der Waals surface area contributed by atoms with Gasteiger partial charge in [0.15, 0.2) is 0 Å². The Hall–Kier alpha value is -2.81. The minimum Gasteiger partial charge on any atom is -0.444 e. The normalized spacial score (nSPS) is 13.5. The molecule has 1 aromatic carbocycles. The van der Waals surface area contributed by atoms with Crippen LogP contribution in [0.1, 0.15) is 37.5 Å². The second-order valence-corrected chi connectivity index (χ2v) is 6.97. The van der Waals surface area contributed by atoms with Crippen LogP contribution < -0.4 is 0 Å². The fraction of sp³-hybridized carbons (Fsp3) is 0.389. The number of imidazole rings is 1. The summed E-state index contributed by atoms with van der Waals surface area (Å²) in [6.45, 7) is 6.36. The summed E-state index contributed by atoms with van der Waals surface area (Å²) in [4.78, 5) is 18.3. The molecule has 1 amide bonds. The van der Waals surface area contributed by atoms with Crippen LogP contribution in [0.5, 0.6) is 0 Å². The lowest BCUT2D eigenvalue weighted by Crippen LogP contribution is -2.33. The highest BCUT2D eigenvalue weighted by atomic mass is 16.6. The molecule has 6 nitrogen and oxygen atoms in total. The van der Waals surface area contributed by atoms with E-state index in [1.807, 2.05) is 50.7 Å². The molecule has 0 unspecified atom stereocenters. The van der Waals surface area contributed by atoms with Crippen molar-refractivity contribution in [3.8, 4) is 17.5 Å². The maximum Gasteiger partial charge on any atom is 0.410 e. The third-order valence-corrected chi connectivity index (χ3v) is 3.90. The molecule has 1 aliphatic heterocycles. The van der Waals surface area contributed by atoms with E-state index in [1.165, 1.54) is 0 Å². The van der Waals surface area contributed by atoms with Crippen LogP contribution in [0.4, 0.5) is 4.79 Å². The molecule has 0 aliphatic carbocycles. The van der Waals surface area contributed by atoms with E-state index in [-0.39, 0.29) is 6.09 Å². The van der Waals surface area contributed by atoms with E-state index in [0.717, 1.165) is 22.5 Å². The van der Waals surface area contributed by atoms with Crippen molar-refractivity contribution in [3.63, 3.8) is 0 Å². The molecule has 3 rings (SSSR count). The maximum absolute atomic E-state index is 12.3. The molecule has 1 aliphatic rings. The van der Waals surface area contributed by atoms with Gasteiger partial charge in [-0.3, -0.25) is 4.90 Å². The fourth-order valence-corrected chi connectivity index (χ4v) is 2.84. The Morgan fingerprint density at radius 3 is 2.67 bits per heavy atom. The van der Waals surface area contributed by atoms with Crippen LogP contribution in [-0.4, -0.2) is 26.1 Å². The Kier molecular flexibility index (Phi) is 3.80. The summed E-state index contributed by atoms with van der Waals surface area (Å²) in [5.41, 5.74) is 2.78. The van der Waals surface area contributed by atoms with Crippen LogP contribution in [0.15, 0.2) is 24.5 Å². The molecule has 0 atom stereocenters. The summed E-state index contributed by atoms with van der Waals surface area (Å²) in [7, 11) is 1.91. The lowest BCUT2D eigenvalue weighted by atomic mass is 10.00. The van der Waals surface area contributed by atoms with E-state index in [2.05, 4.69) is 11.1 Å². The van der Waals surface area contributed by atoms with Gasteiger partial charge in [-0.1, -0.05) is 0 Å². The van der Waals surface area contributed by atoms with Gasteiger partial charge < -0.3 is 9.30 Å². The minimum atomic E-state index is -0.540. The molecule has 2 aromatic rings. The van der Waals surface area contributed by atoms with Gasteiger partial charge in [-0.15, -0.1) is 0 Å². The maximum atomic E-state index is 12.3. The molecule has 0 radical (unpaired) electrons. The average molecular weight is 324 g/mol. The zero-order valence-electron chi connectivity index (χ0n) is 14.3. The van der Waals surface area contributed by atoms with Gasteiger partial charge in [-0.2, -0.15) is 5.26 Å². The molecular formula is C18H20N4O2. The first-order chi connectivity index (χ1) is 11.3. The third kappa shape index (κ3) is 2.98. The van der Waals surface area contributed by atoms with Gasteiger partial charge in [-0.05, 0) is 44.0 Å². The molecule has 1 aromatic heterocycles. The quantitative estimate of drug-likeness (QED) is 0.807. The third-order valence-electron chi connectivity index (χ3n) is 3.90. The van der Waals surface area contributed by atoms with E-state index < -0.39 is 5.60 Å². The monoisotopic (exact) mass is 324 g/mol. The zero-order valence-corrected chi connectivity index (χ0v) is 14.3. The summed E-state index contributed by atoms with van der Waals surface area (Å²) in [5.74, 6) is 0.796. The number of ether oxygens (including phenoxy) is 1. The Balaban J connectivity index is 1.93. The molecule has 0 N–H and O–H groups in total. The number of carbonyl (C=O) groups is 1. The van der Waals surface area contributed by atoms with Gasteiger partial charge in [0.1, 0.15) is 11.4 Å². The van der Waals surface area contributed by atoms with E-state index in [4.69, 9.17) is 4.74 Å². The molecule has 124 valence electrons. The van der Waals surface area contributed by atoms with Crippen LogP contribution in [0.25, 0.3) is 11.4 Å². The van der Waals surface area contributed by atoms with E-state index in [0.29, 0.717) is 18.7 Å². The van der Waals surface area contributed by atoms with Crippen molar-refractivity contribution in [1.82, 2.24) is 14.5 Å². The average Bonchev–Trinajstić information content (AvgIpc) is 3.10. The van der Waals surface area contributed by atoms with Crippen LogP contribution in [-0.2, 0) is 24.9 Å². The second-order valence-electron chi connectivity index (χ2n) is 6.97. The molecule has 6 heteroatoms. The van der Waals surface area contributed by atoms with Crippen molar-refractivity contribution in [3.05, 3.63) is 41.2 Å². The first-order valence-electron chi connectivity index (χ1n) is 7.80. The number of carbonyl (C=O) groups excluding carboxylic acids is 1. The van der Waals surface area contributed by atoms with Crippen LogP contribution in [0.3, 0.4) is 0 Å². The topological polar surface area (TPSA) is 71.2 Å². The Bertz CT molecular complexity index is 840. The number of rotatable bonds is 1. The van der Waals surface area contributed by atoms with Gasteiger partial charge in [0.2, 0.25) is 0 Å². The summed E-state index contributed by atoms with van der Waals surface area (Å²) >= 11 is 0. The molecular weight excluding hydrogens is 304 g/mol. The Labute approximate surface area is 141 Å². The number of nitriles is 1. The second kappa shape index (κ2) is 5.68. The van der Waals surface area contributed by atoms with Crippen LogP contribution >= 0.6 is 0 Å². The largest absolute Gasteiger partial charge is 0.444 e. The molecule has 0 fully saturated rings. The first kappa shape index (κ1) is 16.1. The number of hydrogen-bond donors (Lipinski definition) is 0. The number of fused-ring (bicyclic) bond motifs is 1. The summed E-state index contributed by atoms with van der Waals surface area (Å²) in [6, 6.07) is 6.08. The highest BCUT2D eigenvalue weighted by molar-refractivity contribution is 5.71. The zero-order chi connectivity index (χ0) is 17.5. The predicted octanol–water partition coefficient (Wildman–Crippen LogP) is 3.21. The van der Waals surface area contributed by atoms with Gasteiger partial charge >= 0.3 is 6.09 Å². The molecule has 24 heavy (non-hydrogen) atoms. The number of benzene rings is 1. The Morgan fingerprint density at radius 2 is 2.08 bits per heavy atom. The molecule has 0 saturated heterocycles. The van der Waals surface area contributed by atoms with Crippen molar-refractivity contribution >= 4 is 6.09 Å². The standard InChI is InChI=1S/C18H20N4O2/c1-18(2,3)24-17(23)22-10-14-8-12(16-20-5-6-21(16)4)7-13(9-19)15(14)11-22/h5-8H,10-11H2,1-4H3. The van der Waals surface area contributed by atoms with Crippen molar-refractivity contribution in [2.24, 2.45) is 7.05 Å². The lowest BCUT2D eigenvalue weighted by molar-refractivity contribution is 0.0242. The number of nitrogens with zero attached hydrogens (tertiary/aromatic N) is 4. The molecule has 0 bridgehead atoms. The van der Waals surface area contributed by atoms with E-state index in [9.17, 15) is 10.1 Å². The number of amides is 1. The minimum absolute atomic E-state index is 0.360. The van der Waals surface area contributed by atoms with Gasteiger partial charge in [0, 0.05) is 31.5 Å². The summed E-state index contributed by atoms with van der Waals surface area (Å²) < 4.78 is 7.34. The lowest BCUT2D eigenvalue weighted by Gasteiger charge is -2.24. The SMILES string of the molecule is Cn1ccnc1-c1cc(C#N)c2c(c1)CN(C(=O)OC(C)(C)C)C2. The summed E-state index contributed by atoms with van der Waals surface area (Å²) in [6.07, 6.45) is 3.23. The number of aryl methyl sites for hydroxylation is 1. The van der Waals surface area contributed by atoms with Crippen molar-refractivity contribution in [2.75, 3.05) is 0 Å². The van der Waals surface area contributed by atoms with E-state index in [1.54, 1.807) is 11.1 Å². The van der Waals surface area contributed by atoms with Crippen molar-refractivity contribution in [1.29, 1.82) is 5.26 Å². The molecule has 0 spiro atoms. The van der Waals surface area contributed by atoms with Crippen LogP contribution in [0.2, 0.25) is 0 Å². The first-order valence-corrected chi connectivity index (χ1v) is 7.80. The fourth-order valence-electron chi connectivity index (χ4n) is 2.84. The Morgan fingerprint density at radius 1 is 1.33 bits per heavy atom. The van der Waals surface area contributed by atoms with Gasteiger partial charge in [0.25, 0.3) is 0 Å². The predicted molar refractivity (Wildman–Crippen MR) is 88.8 cm³/mol. The molecule has 0 saturated carbocycles. The summed E-state index contributed by atoms with van der Waals surface area (Å²) in [5, 5.41) is 9.49. The number of aromatic nitrogens is 2. The van der Waals surface area contributed by atoms with Crippen molar-refractivity contribution < 1.29 is 9.53 Å². The number of hydrogen-bond acceptors (Lipinski definition) is 4. The highest BCUT2D eigenvalue weighted by Gasteiger charge is 2.30. The van der Waals surface area contributed by atoms with Gasteiger partial charge in [0.05, 0.1) is 18.2 Å². The smallest absolute Gasteiger partial charge is 0.410 e.